The zero-order chi connectivity index (χ0) is 12.5. The minimum Gasteiger partial charge on any atom is -0.235 e. The zero-order valence-corrected chi connectivity index (χ0v) is 11.6. The van der Waals surface area contributed by atoms with Crippen LogP contribution in [0, 0.1) is 0 Å². The summed E-state index contributed by atoms with van der Waals surface area (Å²) in [5, 5.41) is 1.67. The van der Waals surface area contributed by atoms with Gasteiger partial charge in [-0.2, -0.15) is 0 Å². The van der Waals surface area contributed by atoms with Gasteiger partial charge in [0.05, 0.1) is 5.69 Å². The van der Waals surface area contributed by atoms with Gasteiger partial charge in [0.25, 0.3) is 0 Å². The molecule has 3 rings (SSSR count). The van der Waals surface area contributed by atoms with E-state index in [4.69, 9.17) is 11.6 Å². The Kier molecular flexibility index (Phi) is 3.06. The molecule has 0 bridgehead atoms. The Bertz CT molecular complexity index is 688. The first-order valence-electron chi connectivity index (χ1n) is 5.92. The van der Waals surface area contributed by atoms with E-state index in [-0.39, 0.29) is 0 Å². The van der Waals surface area contributed by atoms with Crippen molar-refractivity contribution in [2.75, 3.05) is 0 Å². The average molecular weight is 274 g/mol. The van der Waals surface area contributed by atoms with Crippen molar-refractivity contribution in [1.82, 2.24) is 4.98 Å². The molecule has 0 saturated carbocycles. The van der Waals surface area contributed by atoms with E-state index in [1.54, 1.807) is 11.3 Å². The van der Waals surface area contributed by atoms with Crippen LogP contribution in [0.15, 0.2) is 42.5 Å². The molecule has 0 atom stereocenters. The first-order chi connectivity index (χ1) is 8.78. The number of benzene rings is 1. The second-order valence-electron chi connectivity index (χ2n) is 4.14. The molecule has 0 N–H and O–H groups in total. The van der Waals surface area contributed by atoms with Crippen LogP contribution >= 0.6 is 22.9 Å². The Hall–Kier alpha value is -1.38. The van der Waals surface area contributed by atoms with Gasteiger partial charge in [0.1, 0.15) is 5.15 Å². The Morgan fingerprint density at radius 1 is 1.17 bits per heavy atom. The molecule has 0 amide bonds. The van der Waals surface area contributed by atoms with E-state index in [0.29, 0.717) is 5.15 Å². The van der Waals surface area contributed by atoms with Crippen molar-refractivity contribution in [3.63, 3.8) is 0 Å². The Labute approximate surface area is 115 Å². The maximum atomic E-state index is 6.28. The van der Waals surface area contributed by atoms with E-state index in [2.05, 4.69) is 36.2 Å². The highest BCUT2D eigenvalue weighted by Gasteiger charge is 2.09. The summed E-state index contributed by atoms with van der Waals surface area (Å²) in [7, 11) is 0. The third-order valence-corrected chi connectivity index (χ3v) is 4.45. The summed E-state index contributed by atoms with van der Waals surface area (Å²) in [5.41, 5.74) is 2.05. The molecule has 0 unspecified atom stereocenters. The van der Waals surface area contributed by atoms with Crippen LogP contribution in [0.5, 0.6) is 0 Å². The number of hydrogen-bond acceptors (Lipinski definition) is 2. The van der Waals surface area contributed by atoms with Crippen molar-refractivity contribution in [3.8, 4) is 11.3 Å². The van der Waals surface area contributed by atoms with Gasteiger partial charge in [-0.1, -0.05) is 48.9 Å². The van der Waals surface area contributed by atoms with Crippen molar-refractivity contribution in [2.45, 2.75) is 13.3 Å². The summed E-state index contributed by atoms with van der Waals surface area (Å²) in [4.78, 5) is 5.84. The highest BCUT2D eigenvalue weighted by Crippen LogP contribution is 2.33. The van der Waals surface area contributed by atoms with Gasteiger partial charge in [0, 0.05) is 20.5 Å². The van der Waals surface area contributed by atoms with E-state index >= 15 is 0 Å². The minimum absolute atomic E-state index is 0.599. The molecule has 2 heterocycles. The predicted molar refractivity (Wildman–Crippen MR) is 79.4 cm³/mol. The van der Waals surface area contributed by atoms with Crippen molar-refractivity contribution in [1.29, 1.82) is 0 Å². The van der Waals surface area contributed by atoms with Crippen LogP contribution in [0.4, 0.5) is 0 Å². The average Bonchev–Trinajstić information content (AvgIpc) is 2.83. The molecule has 1 aromatic carbocycles. The fourth-order valence-electron chi connectivity index (χ4n) is 1.98. The molecular formula is C15H12ClNS. The van der Waals surface area contributed by atoms with Gasteiger partial charge < -0.3 is 0 Å². The summed E-state index contributed by atoms with van der Waals surface area (Å²) in [5.74, 6) is 0. The SMILES string of the molecule is CCc1cc2c(Cl)nc(-c3ccccc3)cc2s1. The summed E-state index contributed by atoms with van der Waals surface area (Å²) >= 11 is 8.07. The Morgan fingerprint density at radius 2 is 1.94 bits per heavy atom. The number of nitrogens with zero attached hydrogens (tertiary/aromatic N) is 1. The molecule has 3 heteroatoms. The second kappa shape index (κ2) is 4.71. The number of pyridine rings is 1. The van der Waals surface area contributed by atoms with Crippen LogP contribution < -0.4 is 0 Å². The largest absolute Gasteiger partial charge is 0.235 e. The molecule has 2 aromatic heterocycles. The maximum Gasteiger partial charge on any atom is 0.138 e. The normalized spacial score (nSPS) is 11.0. The van der Waals surface area contributed by atoms with Gasteiger partial charge >= 0.3 is 0 Å². The first kappa shape index (κ1) is 11.7. The molecule has 0 fully saturated rings. The summed E-state index contributed by atoms with van der Waals surface area (Å²) in [6, 6.07) is 14.4. The third kappa shape index (κ3) is 2.02. The lowest BCUT2D eigenvalue weighted by atomic mass is 10.1. The number of fused-ring (bicyclic) bond motifs is 1. The maximum absolute atomic E-state index is 6.28. The summed E-state index contributed by atoms with van der Waals surface area (Å²) < 4.78 is 1.21. The number of halogens is 1. The molecule has 0 aliphatic heterocycles. The standard InChI is InChI=1S/C15H12ClNS/c1-2-11-8-12-14(18-11)9-13(17-15(12)16)10-6-4-3-5-7-10/h3-9H,2H2,1H3. The molecule has 0 aliphatic rings. The van der Waals surface area contributed by atoms with Crippen molar-refractivity contribution in [3.05, 3.63) is 52.5 Å². The van der Waals surface area contributed by atoms with Crippen LogP contribution in [0.1, 0.15) is 11.8 Å². The minimum atomic E-state index is 0.599. The fraction of sp³-hybridized carbons (Fsp3) is 0.133. The molecule has 0 spiro atoms. The molecule has 90 valence electrons. The second-order valence-corrected chi connectivity index (χ2v) is 5.67. The fourth-order valence-corrected chi connectivity index (χ4v) is 3.32. The molecule has 1 nitrogen and oxygen atoms in total. The molecule has 0 aliphatic carbocycles. The van der Waals surface area contributed by atoms with Crippen molar-refractivity contribution < 1.29 is 0 Å². The first-order valence-corrected chi connectivity index (χ1v) is 7.11. The predicted octanol–water partition coefficient (Wildman–Crippen LogP) is 5.18. The van der Waals surface area contributed by atoms with E-state index < -0.39 is 0 Å². The number of aryl methyl sites for hydroxylation is 1. The van der Waals surface area contributed by atoms with Crippen molar-refractivity contribution in [2.24, 2.45) is 0 Å². The van der Waals surface area contributed by atoms with Gasteiger partial charge in [-0.15, -0.1) is 11.3 Å². The highest BCUT2D eigenvalue weighted by atomic mass is 35.5. The molecule has 18 heavy (non-hydrogen) atoms. The van der Waals surface area contributed by atoms with Crippen LogP contribution in [-0.2, 0) is 6.42 Å². The van der Waals surface area contributed by atoms with Gasteiger partial charge in [-0.05, 0) is 18.6 Å². The van der Waals surface area contributed by atoms with Gasteiger partial charge in [0.15, 0.2) is 0 Å². The summed E-state index contributed by atoms with van der Waals surface area (Å²) in [6.45, 7) is 2.16. The van der Waals surface area contributed by atoms with Crippen LogP contribution in [0.3, 0.4) is 0 Å². The third-order valence-electron chi connectivity index (χ3n) is 2.94. The van der Waals surface area contributed by atoms with Crippen LogP contribution in [0.25, 0.3) is 21.3 Å². The van der Waals surface area contributed by atoms with Crippen molar-refractivity contribution >= 4 is 33.0 Å². The Balaban J connectivity index is 2.21. The lowest BCUT2D eigenvalue weighted by molar-refractivity contribution is 1.19. The van der Waals surface area contributed by atoms with Gasteiger partial charge in [0.2, 0.25) is 0 Å². The van der Waals surface area contributed by atoms with Gasteiger partial charge in [-0.25, -0.2) is 4.98 Å². The monoisotopic (exact) mass is 273 g/mol. The number of rotatable bonds is 2. The Morgan fingerprint density at radius 3 is 2.67 bits per heavy atom. The van der Waals surface area contributed by atoms with Crippen LogP contribution in [0.2, 0.25) is 5.15 Å². The van der Waals surface area contributed by atoms with E-state index in [1.807, 2.05) is 18.2 Å². The highest BCUT2D eigenvalue weighted by molar-refractivity contribution is 7.19. The smallest absolute Gasteiger partial charge is 0.138 e. The molecular weight excluding hydrogens is 262 g/mol. The number of hydrogen-bond donors (Lipinski definition) is 0. The van der Waals surface area contributed by atoms with E-state index in [9.17, 15) is 0 Å². The zero-order valence-electron chi connectivity index (χ0n) is 9.98. The molecule has 0 saturated heterocycles. The van der Waals surface area contributed by atoms with E-state index in [0.717, 1.165) is 23.1 Å². The molecule has 0 radical (unpaired) electrons. The number of aromatic nitrogens is 1. The topological polar surface area (TPSA) is 12.9 Å². The van der Waals surface area contributed by atoms with Gasteiger partial charge in [-0.3, -0.25) is 0 Å². The lowest BCUT2D eigenvalue weighted by Crippen LogP contribution is -1.83. The van der Waals surface area contributed by atoms with E-state index in [1.165, 1.54) is 9.58 Å². The molecule has 3 aromatic rings. The lowest BCUT2D eigenvalue weighted by Gasteiger charge is -2.02. The quantitative estimate of drug-likeness (QED) is 0.586. The number of thiophene rings is 1. The van der Waals surface area contributed by atoms with Crippen LogP contribution in [-0.4, -0.2) is 4.98 Å². The summed E-state index contributed by atoms with van der Waals surface area (Å²) in [6.07, 6.45) is 1.04.